The number of ether oxygens (including phenoxy) is 1. The molecule has 18 heavy (non-hydrogen) atoms. The molecule has 0 fully saturated rings. The molecule has 1 amide bonds. The molecular formula is C12H25N3O2S. The maximum absolute atomic E-state index is 11.3. The van der Waals surface area contributed by atoms with Crippen LogP contribution >= 0.6 is 12.2 Å². The third-order valence-corrected chi connectivity index (χ3v) is 2.24. The highest BCUT2D eigenvalue weighted by Gasteiger charge is 2.15. The Bertz CT molecular complexity index is 265. The number of unbranched alkanes of at least 4 members (excludes halogenated alkanes) is 3. The monoisotopic (exact) mass is 275 g/mol. The predicted molar refractivity (Wildman–Crippen MR) is 77.2 cm³/mol. The number of rotatable bonds is 5. The minimum absolute atomic E-state index is 0.400. The van der Waals surface area contributed by atoms with Gasteiger partial charge in [-0.1, -0.05) is 26.2 Å². The van der Waals surface area contributed by atoms with E-state index in [1.807, 2.05) is 0 Å². The van der Waals surface area contributed by atoms with Crippen LogP contribution in [0.3, 0.4) is 0 Å². The van der Waals surface area contributed by atoms with Gasteiger partial charge in [0.2, 0.25) is 0 Å². The molecule has 0 bridgehead atoms. The number of thiocarbonyl (C=S) groups is 1. The van der Waals surface area contributed by atoms with E-state index in [2.05, 4.69) is 23.1 Å². The Kier molecular flexibility index (Phi) is 8.45. The Balaban J connectivity index is 3.55. The topological polar surface area (TPSA) is 62.4 Å². The fourth-order valence-corrected chi connectivity index (χ4v) is 1.36. The normalized spacial score (nSPS) is 10.7. The summed E-state index contributed by atoms with van der Waals surface area (Å²) in [5, 5.41) is 3.41. The number of carbonyl (C=O) groups excluding carboxylic acids is 1. The van der Waals surface area contributed by atoms with E-state index < -0.39 is 11.7 Å². The average Bonchev–Trinajstić information content (AvgIpc) is 2.24. The number of amides is 1. The molecule has 0 saturated heterocycles. The van der Waals surface area contributed by atoms with Crippen LogP contribution in [0, 0.1) is 0 Å². The zero-order valence-corrected chi connectivity index (χ0v) is 12.6. The number of carbonyl (C=O) groups is 1. The van der Waals surface area contributed by atoms with E-state index in [-0.39, 0.29) is 0 Å². The van der Waals surface area contributed by atoms with Crippen molar-refractivity contribution in [2.75, 3.05) is 6.54 Å². The van der Waals surface area contributed by atoms with E-state index >= 15 is 0 Å². The molecule has 0 atom stereocenters. The maximum atomic E-state index is 11.3. The van der Waals surface area contributed by atoms with E-state index in [4.69, 9.17) is 17.0 Å². The highest BCUT2D eigenvalue weighted by Crippen LogP contribution is 2.05. The predicted octanol–water partition coefficient (Wildman–Crippen LogP) is 2.47. The molecule has 0 aliphatic carbocycles. The lowest BCUT2D eigenvalue weighted by molar-refractivity contribution is 0.0513. The van der Waals surface area contributed by atoms with Crippen molar-refractivity contribution in [1.29, 1.82) is 0 Å². The van der Waals surface area contributed by atoms with Crippen LogP contribution in [0.2, 0.25) is 0 Å². The molecule has 0 rings (SSSR count). The molecule has 5 nitrogen and oxygen atoms in total. The van der Waals surface area contributed by atoms with Crippen LogP contribution in [0.25, 0.3) is 0 Å². The van der Waals surface area contributed by atoms with Crippen molar-refractivity contribution in [3.05, 3.63) is 0 Å². The van der Waals surface area contributed by atoms with Gasteiger partial charge in [0.1, 0.15) is 5.60 Å². The lowest BCUT2D eigenvalue weighted by Crippen LogP contribution is -2.48. The Hall–Kier alpha value is -1.04. The highest BCUT2D eigenvalue weighted by molar-refractivity contribution is 7.80. The molecule has 0 aromatic heterocycles. The summed E-state index contributed by atoms with van der Waals surface area (Å²) in [4.78, 5) is 11.3. The zero-order valence-electron chi connectivity index (χ0n) is 11.8. The number of hydrogen-bond donors (Lipinski definition) is 3. The number of hydrogen-bond acceptors (Lipinski definition) is 3. The first-order chi connectivity index (χ1) is 8.35. The number of nitrogens with one attached hydrogen (secondary N) is 3. The first-order valence-electron chi connectivity index (χ1n) is 6.38. The SMILES string of the molecule is CCCCCCNC(=S)NNC(=O)OC(C)(C)C. The van der Waals surface area contributed by atoms with Gasteiger partial charge in [-0.15, -0.1) is 0 Å². The van der Waals surface area contributed by atoms with E-state index in [9.17, 15) is 4.79 Å². The van der Waals surface area contributed by atoms with Gasteiger partial charge in [-0.2, -0.15) is 0 Å². The standard InChI is InChI=1S/C12H25N3O2S/c1-5-6-7-8-9-13-10(18)14-15-11(16)17-12(2,3)4/h5-9H2,1-4H3,(H,15,16)(H2,13,14,18). The van der Waals surface area contributed by atoms with Crippen molar-refractivity contribution in [1.82, 2.24) is 16.2 Å². The molecule has 0 aliphatic rings. The van der Waals surface area contributed by atoms with Gasteiger partial charge >= 0.3 is 6.09 Å². The van der Waals surface area contributed by atoms with Gasteiger partial charge in [0.05, 0.1) is 0 Å². The molecule has 0 spiro atoms. The molecule has 0 radical (unpaired) electrons. The second-order valence-electron chi connectivity index (χ2n) is 5.07. The third kappa shape index (κ3) is 11.4. The first-order valence-corrected chi connectivity index (χ1v) is 6.79. The van der Waals surface area contributed by atoms with Gasteiger partial charge in [-0.25, -0.2) is 10.2 Å². The average molecular weight is 275 g/mol. The smallest absolute Gasteiger partial charge is 0.426 e. The van der Waals surface area contributed by atoms with Crippen LogP contribution in [0.1, 0.15) is 53.4 Å². The largest absolute Gasteiger partial charge is 0.443 e. The van der Waals surface area contributed by atoms with E-state index in [1.165, 1.54) is 19.3 Å². The molecule has 0 saturated carbocycles. The summed E-state index contributed by atoms with van der Waals surface area (Å²) < 4.78 is 5.05. The lowest BCUT2D eigenvalue weighted by Gasteiger charge is -2.20. The van der Waals surface area contributed by atoms with Crippen LogP contribution in [-0.2, 0) is 4.74 Å². The highest BCUT2D eigenvalue weighted by atomic mass is 32.1. The summed E-state index contributed by atoms with van der Waals surface area (Å²) in [6.07, 6.45) is 4.16. The molecule has 3 N–H and O–H groups in total. The van der Waals surface area contributed by atoms with Gasteiger partial charge in [0.25, 0.3) is 0 Å². The Labute approximate surface area is 115 Å². The van der Waals surface area contributed by atoms with Crippen LogP contribution < -0.4 is 16.2 Å². The summed E-state index contributed by atoms with van der Waals surface area (Å²) in [6.45, 7) is 8.39. The quantitative estimate of drug-likeness (QED) is 0.409. The first kappa shape index (κ1) is 17.0. The Morgan fingerprint density at radius 1 is 1.17 bits per heavy atom. The number of hydrazine groups is 1. The minimum atomic E-state index is -0.544. The summed E-state index contributed by atoms with van der Waals surface area (Å²) in [5.74, 6) is 0. The molecule has 0 heterocycles. The molecule has 0 aliphatic heterocycles. The van der Waals surface area contributed by atoms with Crippen molar-refractivity contribution in [2.45, 2.75) is 59.0 Å². The van der Waals surface area contributed by atoms with E-state index in [0.717, 1.165) is 13.0 Å². The molecule has 0 aromatic rings. The van der Waals surface area contributed by atoms with Gasteiger partial charge in [-0.05, 0) is 39.4 Å². The molecule has 0 aromatic carbocycles. The molecule has 106 valence electrons. The minimum Gasteiger partial charge on any atom is -0.443 e. The van der Waals surface area contributed by atoms with Crippen molar-refractivity contribution >= 4 is 23.4 Å². The van der Waals surface area contributed by atoms with Gasteiger partial charge in [-0.3, -0.25) is 5.43 Å². The zero-order chi connectivity index (χ0) is 14.0. The summed E-state index contributed by atoms with van der Waals surface area (Å²) in [7, 11) is 0. The summed E-state index contributed by atoms with van der Waals surface area (Å²) in [6, 6.07) is 0. The van der Waals surface area contributed by atoms with Gasteiger partial charge < -0.3 is 10.1 Å². The second kappa shape index (κ2) is 8.97. The molecule has 0 unspecified atom stereocenters. The fourth-order valence-electron chi connectivity index (χ4n) is 1.21. The van der Waals surface area contributed by atoms with E-state index in [0.29, 0.717) is 5.11 Å². The van der Waals surface area contributed by atoms with Crippen LogP contribution in [0.4, 0.5) is 4.79 Å². The van der Waals surface area contributed by atoms with E-state index in [1.54, 1.807) is 20.8 Å². The van der Waals surface area contributed by atoms with Gasteiger partial charge in [0, 0.05) is 6.54 Å². The van der Waals surface area contributed by atoms with Crippen molar-refractivity contribution < 1.29 is 9.53 Å². The summed E-state index contributed by atoms with van der Waals surface area (Å²) in [5.41, 5.74) is 4.45. The molecule has 6 heteroatoms. The van der Waals surface area contributed by atoms with Gasteiger partial charge in [0.15, 0.2) is 5.11 Å². The summed E-state index contributed by atoms with van der Waals surface area (Å²) >= 11 is 5.00. The Morgan fingerprint density at radius 3 is 2.39 bits per heavy atom. The lowest BCUT2D eigenvalue weighted by atomic mass is 10.2. The molecular weight excluding hydrogens is 250 g/mol. The van der Waals surface area contributed by atoms with Crippen molar-refractivity contribution in [3.63, 3.8) is 0 Å². The van der Waals surface area contributed by atoms with Crippen LogP contribution in [0.15, 0.2) is 0 Å². The van der Waals surface area contributed by atoms with Crippen LogP contribution in [0.5, 0.6) is 0 Å². The Morgan fingerprint density at radius 2 is 1.83 bits per heavy atom. The third-order valence-electron chi connectivity index (χ3n) is 1.99. The van der Waals surface area contributed by atoms with Crippen LogP contribution in [-0.4, -0.2) is 23.4 Å². The van der Waals surface area contributed by atoms with Crippen molar-refractivity contribution in [2.24, 2.45) is 0 Å². The second-order valence-corrected chi connectivity index (χ2v) is 5.48. The maximum Gasteiger partial charge on any atom is 0.426 e. The van der Waals surface area contributed by atoms with Crippen molar-refractivity contribution in [3.8, 4) is 0 Å². The fraction of sp³-hybridized carbons (Fsp3) is 0.833.